The van der Waals surface area contributed by atoms with Gasteiger partial charge in [0.05, 0.1) is 0 Å². The van der Waals surface area contributed by atoms with Gasteiger partial charge in [0.25, 0.3) is 0 Å². The molecule has 0 aliphatic heterocycles. The van der Waals surface area contributed by atoms with Crippen LogP contribution in [0.1, 0.15) is 5.56 Å². The number of rotatable bonds is 2. The third-order valence-corrected chi connectivity index (χ3v) is 2.05. The SMILES string of the molecule is CSc1ccc([C](F)F)cc1. The van der Waals surface area contributed by atoms with Crippen LogP contribution in [-0.4, -0.2) is 6.26 Å². The van der Waals surface area contributed by atoms with Gasteiger partial charge in [0.1, 0.15) is 0 Å². The maximum absolute atomic E-state index is 11.9. The van der Waals surface area contributed by atoms with E-state index in [2.05, 4.69) is 0 Å². The summed E-state index contributed by atoms with van der Waals surface area (Å²) in [5.41, 5.74) is 0.00259. The molecule has 0 amide bonds. The Bertz CT molecular complexity index is 218. The summed E-state index contributed by atoms with van der Waals surface area (Å²) in [5, 5.41) is 0. The van der Waals surface area contributed by atoms with Crippen LogP contribution in [0.3, 0.4) is 0 Å². The molecule has 1 aromatic rings. The van der Waals surface area contributed by atoms with Crippen molar-refractivity contribution in [3.05, 3.63) is 36.3 Å². The van der Waals surface area contributed by atoms with Gasteiger partial charge < -0.3 is 0 Å². The first-order chi connectivity index (χ1) is 5.24. The standard InChI is InChI=1S/C8H7F2S/c1-11-7-4-2-6(3-5-7)8(9)10/h2-5H,1H3. The van der Waals surface area contributed by atoms with Crippen LogP contribution in [-0.2, 0) is 0 Å². The van der Waals surface area contributed by atoms with Gasteiger partial charge in [0, 0.05) is 10.5 Å². The first-order valence-electron chi connectivity index (χ1n) is 3.06. The molecule has 0 saturated carbocycles. The molecule has 1 aromatic carbocycles. The first-order valence-corrected chi connectivity index (χ1v) is 4.29. The predicted molar refractivity (Wildman–Crippen MR) is 42.8 cm³/mol. The topological polar surface area (TPSA) is 0 Å². The average Bonchev–Trinajstić information content (AvgIpc) is 2.05. The highest BCUT2D eigenvalue weighted by molar-refractivity contribution is 7.98. The van der Waals surface area contributed by atoms with Crippen LogP contribution in [0.5, 0.6) is 0 Å². The summed E-state index contributed by atoms with van der Waals surface area (Å²) in [7, 11) is 0. The first kappa shape index (κ1) is 8.53. The van der Waals surface area contributed by atoms with Gasteiger partial charge in [-0.15, -0.1) is 11.8 Å². The van der Waals surface area contributed by atoms with Gasteiger partial charge >= 0.3 is 6.43 Å². The van der Waals surface area contributed by atoms with Crippen LogP contribution in [0.4, 0.5) is 8.78 Å². The molecule has 0 fully saturated rings. The Morgan fingerprint density at radius 2 is 1.73 bits per heavy atom. The minimum Gasteiger partial charge on any atom is -0.194 e. The van der Waals surface area contributed by atoms with Crippen LogP contribution in [0.15, 0.2) is 29.2 Å². The van der Waals surface area contributed by atoms with E-state index in [0.29, 0.717) is 0 Å². The summed E-state index contributed by atoms with van der Waals surface area (Å²) in [6.45, 7) is 0. The maximum Gasteiger partial charge on any atom is 0.339 e. The minimum absolute atomic E-state index is 0.00259. The third kappa shape index (κ3) is 2.19. The molecule has 0 nitrogen and oxygen atoms in total. The van der Waals surface area contributed by atoms with Gasteiger partial charge in [-0.1, -0.05) is 12.1 Å². The lowest BCUT2D eigenvalue weighted by Crippen LogP contribution is -1.82. The average molecular weight is 173 g/mol. The Balaban J connectivity index is 2.83. The van der Waals surface area contributed by atoms with Crippen molar-refractivity contribution in [3.63, 3.8) is 0 Å². The van der Waals surface area contributed by atoms with Gasteiger partial charge in [-0.05, 0) is 18.4 Å². The van der Waals surface area contributed by atoms with E-state index in [4.69, 9.17) is 0 Å². The fourth-order valence-corrected chi connectivity index (χ4v) is 1.13. The molecule has 1 radical (unpaired) electrons. The lowest BCUT2D eigenvalue weighted by Gasteiger charge is -1.98. The van der Waals surface area contributed by atoms with Crippen molar-refractivity contribution in [1.29, 1.82) is 0 Å². The van der Waals surface area contributed by atoms with Crippen molar-refractivity contribution >= 4 is 11.8 Å². The quantitative estimate of drug-likeness (QED) is 0.619. The number of thioether (sulfide) groups is 1. The summed E-state index contributed by atoms with van der Waals surface area (Å²) >= 11 is 1.54. The zero-order chi connectivity index (χ0) is 8.27. The van der Waals surface area contributed by atoms with Crippen LogP contribution in [0.2, 0.25) is 0 Å². The molecule has 0 aliphatic carbocycles. The highest BCUT2D eigenvalue weighted by Gasteiger charge is 2.07. The van der Waals surface area contributed by atoms with E-state index in [0.717, 1.165) is 4.90 Å². The number of hydrogen-bond donors (Lipinski definition) is 0. The molecule has 0 atom stereocenters. The van der Waals surface area contributed by atoms with Gasteiger partial charge in [0.2, 0.25) is 0 Å². The second kappa shape index (κ2) is 3.72. The van der Waals surface area contributed by atoms with Gasteiger partial charge in [-0.3, -0.25) is 0 Å². The van der Waals surface area contributed by atoms with E-state index < -0.39 is 6.43 Å². The predicted octanol–water partition coefficient (Wildman–Crippen LogP) is 3.19. The van der Waals surface area contributed by atoms with E-state index in [1.54, 1.807) is 12.1 Å². The van der Waals surface area contributed by atoms with Crippen molar-refractivity contribution in [2.75, 3.05) is 6.26 Å². The number of halogens is 2. The lowest BCUT2D eigenvalue weighted by atomic mass is 10.2. The Hall–Kier alpha value is -0.570. The monoisotopic (exact) mass is 173 g/mol. The summed E-state index contributed by atoms with van der Waals surface area (Å²) < 4.78 is 23.8. The molecule has 0 spiro atoms. The second-order valence-electron chi connectivity index (χ2n) is 1.99. The Morgan fingerprint density at radius 3 is 2.09 bits per heavy atom. The normalized spacial score (nSPS) is 10.5. The molecule has 11 heavy (non-hydrogen) atoms. The molecule has 0 saturated heterocycles. The highest BCUT2D eigenvalue weighted by atomic mass is 32.2. The van der Waals surface area contributed by atoms with Crippen molar-refractivity contribution in [1.82, 2.24) is 0 Å². The highest BCUT2D eigenvalue weighted by Crippen LogP contribution is 2.21. The third-order valence-electron chi connectivity index (χ3n) is 1.31. The molecule has 0 heterocycles. The molecule has 0 N–H and O–H groups in total. The Morgan fingerprint density at radius 1 is 1.18 bits per heavy atom. The molecule has 59 valence electrons. The molecule has 0 unspecified atom stereocenters. The van der Waals surface area contributed by atoms with Crippen LogP contribution in [0, 0.1) is 6.43 Å². The number of hydrogen-bond acceptors (Lipinski definition) is 1. The van der Waals surface area contributed by atoms with E-state index in [9.17, 15) is 8.78 Å². The van der Waals surface area contributed by atoms with Gasteiger partial charge in [-0.25, -0.2) is 0 Å². The zero-order valence-electron chi connectivity index (χ0n) is 5.97. The molecular weight excluding hydrogens is 166 g/mol. The zero-order valence-corrected chi connectivity index (χ0v) is 6.79. The summed E-state index contributed by atoms with van der Waals surface area (Å²) in [5.74, 6) is 0. The second-order valence-corrected chi connectivity index (χ2v) is 2.87. The smallest absolute Gasteiger partial charge is 0.194 e. The summed E-state index contributed by atoms with van der Waals surface area (Å²) in [6.07, 6.45) is 0.280. The molecule has 0 aliphatic rings. The van der Waals surface area contributed by atoms with E-state index in [-0.39, 0.29) is 5.56 Å². The van der Waals surface area contributed by atoms with Gasteiger partial charge in [-0.2, -0.15) is 8.78 Å². The number of benzene rings is 1. The van der Waals surface area contributed by atoms with E-state index in [1.807, 2.05) is 6.26 Å². The Kier molecular flexibility index (Phi) is 2.88. The maximum atomic E-state index is 11.9. The summed E-state index contributed by atoms with van der Waals surface area (Å²) in [6, 6.07) is 6.20. The fourth-order valence-electron chi connectivity index (χ4n) is 0.717. The fraction of sp³-hybridized carbons (Fsp3) is 0.125. The minimum atomic E-state index is -1.63. The molecule has 0 bridgehead atoms. The van der Waals surface area contributed by atoms with E-state index >= 15 is 0 Å². The van der Waals surface area contributed by atoms with Crippen molar-refractivity contribution in [3.8, 4) is 0 Å². The van der Waals surface area contributed by atoms with Crippen molar-refractivity contribution < 1.29 is 8.78 Å². The van der Waals surface area contributed by atoms with E-state index in [1.165, 1.54) is 23.9 Å². The largest absolute Gasteiger partial charge is 0.339 e. The molecule has 0 aromatic heterocycles. The van der Waals surface area contributed by atoms with Crippen LogP contribution >= 0.6 is 11.8 Å². The molecule has 3 heteroatoms. The molecular formula is C8H7F2S. The summed E-state index contributed by atoms with van der Waals surface area (Å²) in [4.78, 5) is 0.995. The Labute approximate surface area is 68.6 Å². The van der Waals surface area contributed by atoms with Gasteiger partial charge in [0.15, 0.2) is 0 Å². The molecule has 1 rings (SSSR count). The van der Waals surface area contributed by atoms with Crippen molar-refractivity contribution in [2.45, 2.75) is 4.90 Å². The lowest BCUT2D eigenvalue weighted by molar-refractivity contribution is 0.325. The van der Waals surface area contributed by atoms with Crippen molar-refractivity contribution in [2.24, 2.45) is 0 Å². The van der Waals surface area contributed by atoms with Crippen LogP contribution in [0.25, 0.3) is 0 Å². The van der Waals surface area contributed by atoms with Crippen LogP contribution < -0.4 is 0 Å².